The second-order valence-corrected chi connectivity index (χ2v) is 7.01. The summed E-state index contributed by atoms with van der Waals surface area (Å²) in [5, 5.41) is 9.37. The third-order valence-electron chi connectivity index (χ3n) is 3.24. The first kappa shape index (κ1) is 15.9. The molecule has 0 saturated heterocycles. The van der Waals surface area contributed by atoms with E-state index in [1.165, 1.54) is 4.88 Å². The van der Waals surface area contributed by atoms with Crippen molar-refractivity contribution in [2.75, 3.05) is 6.61 Å². The highest BCUT2D eigenvalue weighted by Gasteiger charge is 2.17. The minimum atomic E-state index is -0.0719. The number of ether oxygens (including phenoxy) is 1. The fourth-order valence-electron chi connectivity index (χ4n) is 1.92. The van der Waals surface area contributed by atoms with Crippen molar-refractivity contribution in [1.82, 2.24) is 9.97 Å². The molecule has 2 aromatic rings. The molecule has 1 N–H and O–H groups in total. The van der Waals surface area contributed by atoms with Gasteiger partial charge in [-0.1, -0.05) is 20.8 Å². The number of rotatable bonds is 5. The van der Waals surface area contributed by atoms with E-state index in [1.54, 1.807) is 17.4 Å². The standard InChI is InChI=1S/C16H22N2O2S/c1-11-13(21-10-17-11)5-6-20-15-8-12(9-19)7-14(18-15)16(2,3)4/h7-8,10,19H,5-6,9H2,1-4H3. The highest BCUT2D eigenvalue weighted by Crippen LogP contribution is 2.24. The number of thiazole rings is 1. The molecule has 2 aromatic heterocycles. The fourth-order valence-corrected chi connectivity index (χ4v) is 2.69. The van der Waals surface area contributed by atoms with Crippen LogP contribution in [0.15, 0.2) is 17.6 Å². The van der Waals surface area contributed by atoms with Crippen LogP contribution in [-0.2, 0) is 18.4 Å². The predicted molar refractivity (Wildman–Crippen MR) is 84.9 cm³/mol. The van der Waals surface area contributed by atoms with Crippen LogP contribution in [0.5, 0.6) is 5.88 Å². The molecular formula is C16H22N2O2S. The maximum absolute atomic E-state index is 9.37. The van der Waals surface area contributed by atoms with E-state index in [-0.39, 0.29) is 12.0 Å². The van der Waals surface area contributed by atoms with Gasteiger partial charge in [-0.3, -0.25) is 0 Å². The average molecular weight is 306 g/mol. The Bertz CT molecular complexity index is 603. The number of hydrogen-bond donors (Lipinski definition) is 1. The lowest BCUT2D eigenvalue weighted by Crippen LogP contribution is -2.15. The van der Waals surface area contributed by atoms with Crippen molar-refractivity contribution in [2.24, 2.45) is 0 Å². The van der Waals surface area contributed by atoms with Crippen LogP contribution in [0.2, 0.25) is 0 Å². The first-order valence-corrected chi connectivity index (χ1v) is 7.92. The normalized spacial score (nSPS) is 11.7. The summed E-state index contributed by atoms with van der Waals surface area (Å²) in [5.41, 5.74) is 4.61. The average Bonchev–Trinajstić information content (AvgIpc) is 2.83. The lowest BCUT2D eigenvalue weighted by Gasteiger charge is -2.19. The fraction of sp³-hybridized carbons (Fsp3) is 0.500. The van der Waals surface area contributed by atoms with Crippen molar-refractivity contribution in [2.45, 2.75) is 46.1 Å². The van der Waals surface area contributed by atoms with Crippen LogP contribution in [0, 0.1) is 6.92 Å². The van der Waals surface area contributed by atoms with Crippen LogP contribution in [-0.4, -0.2) is 21.7 Å². The van der Waals surface area contributed by atoms with E-state index < -0.39 is 0 Å². The molecule has 2 rings (SSSR count). The van der Waals surface area contributed by atoms with E-state index in [2.05, 4.69) is 30.7 Å². The van der Waals surface area contributed by atoms with Gasteiger partial charge >= 0.3 is 0 Å². The number of aliphatic hydroxyl groups excluding tert-OH is 1. The Morgan fingerprint density at radius 3 is 2.62 bits per heavy atom. The molecule has 0 amide bonds. The first-order chi connectivity index (χ1) is 9.90. The molecule has 0 bridgehead atoms. The first-order valence-electron chi connectivity index (χ1n) is 7.04. The minimum absolute atomic E-state index is 0.00405. The van der Waals surface area contributed by atoms with Crippen molar-refractivity contribution in [1.29, 1.82) is 0 Å². The van der Waals surface area contributed by atoms with E-state index in [1.807, 2.05) is 18.5 Å². The summed E-state index contributed by atoms with van der Waals surface area (Å²) < 4.78 is 5.77. The Morgan fingerprint density at radius 1 is 1.29 bits per heavy atom. The number of pyridine rings is 1. The molecular weight excluding hydrogens is 284 g/mol. The van der Waals surface area contributed by atoms with Crippen molar-refractivity contribution in [3.63, 3.8) is 0 Å². The van der Waals surface area contributed by atoms with Gasteiger partial charge in [0.25, 0.3) is 0 Å². The quantitative estimate of drug-likeness (QED) is 0.921. The summed E-state index contributed by atoms with van der Waals surface area (Å²) in [6, 6.07) is 3.73. The van der Waals surface area contributed by atoms with Crippen LogP contribution in [0.25, 0.3) is 0 Å². The lowest BCUT2D eigenvalue weighted by molar-refractivity contribution is 0.276. The zero-order valence-corrected chi connectivity index (χ0v) is 13.8. The molecule has 0 saturated carbocycles. The zero-order chi connectivity index (χ0) is 15.5. The Morgan fingerprint density at radius 2 is 2.05 bits per heavy atom. The number of nitrogens with zero attached hydrogens (tertiary/aromatic N) is 2. The van der Waals surface area contributed by atoms with Gasteiger partial charge in [0.1, 0.15) is 0 Å². The van der Waals surface area contributed by atoms with E-state index in [0.717, 1.165) is 23.4 Å². The van der Waals surface area contributed by atoms with Gasteiger partial charge in [0, 0.05) is 22.8 Å². The van der Waals surface area contributed by atoms with E-state index in [0.29, 0.717) is 12.5 Å². The molecule has 2 heterocycles. The van der Waals surface area contributed by atoms with E-state index in [9.17, 15) is 5.11 Å². The maximum atomic E-state index is 9.37. The highest BCUT2D eigenvalue weighted by atomic mass is 32.1. The number of aromatic nitrogens is 2. The Hall–Kier alpha value is -1.46. The third-order valence-corrected chi connectivity index (χ3v) is 4.23. The monoisotopic (exact) mass is 306 g/mol. The molecule has 0 unspecified atom stereocenters. The second kappa shape index (κ2) is 6.54. The molecule has 0 radical (unpaired) electrons. The van der Waals surface area contributed by atoms with Crippen molar-refractivity contribution < 1.29 is 9.84 Å². The molecule has 4 nitrogen and oxygen atoms in total. The molecule has 0 aromatic carbocycles. The van der Waals surface area contributed by atoms with Crippen LogP contribution in [0.1, 0.15) is 42.6 Å². The summed E-state index contributed by atoms with van der Waals surface area (Å²) in [4.78, 5) is 10.0. The lowest BCUT2D eigenvalue weighted by atomic mass is 9.91. The Kier molecular flexibility index (Phi) is 4.96. The molecule has 0 fully saturated rings. The largest absolute Gasteiger partial charge is 0.477 e. The molecule has 0 spiro atoms. The maximum Gasteiger partial charge on any atom is 0.213 e. The minimum Gasteiger partial charge on any atom is -0.477 e. The van der Waals surface area contributed by atoms with Crippen LogP contribution in [0.3, 0.4) is 0 Å². The molecule has 5 heteroatoms. The topological polar surface area (TPSA) is 55.2 Å². The van der Waals surface area contributed by atoms with Gasteiger partial charge in [0.05, 0.1) is 30.1 Å². The molecule has 0 aliphatic carbocycles. The third kappa shape index (κ3) is 4.25. The summed E-state index contributed by atoms with van der Waals surface area (Å²) in [6.07, 6.45) is 0.826. The molecule has 21 heavy (non-hydrogen) atoms. The van der Waals surface area contributed by atoms with Crippen LogP contribution in [0.4, 0.5) is 0 Å². The van der Waals surface area contributed by atoms with Crippen LogP contribution >= 0.6 is 11.3 Å². The smallest absolute Gasteiger partial charge is 0.213 e. The van der Waals surface area contributed by atoms with Gasteiger partial charge in [-0.25, -0.2) is 9.97 Å². The summed E-state index contributed by atoms with van der Waals surface area (Å²) in [7, 11) is 0. The highest BCUT2D eigenvalue weighted by molar-refractivity contribution is 7.09. The molecule has 114 valence electrons. The van der Waals surface area contributed by atoms with Gasteiger partial charge in [0.15, 0.2) is 0 Å². The number of aryl methyl sites for hydroxylation is 1. The van der Waals surface area contributed by atoms with Crippen molar-refractivity contribution >= 4 is 11.3 Å². The summed E-state index contributed by atoms with van der Waals surface area (Å²) in [5.74, 6) is 0.577. The van der Waals surface area contributed by atoms with Gasteiger partial charge in [-0.05, 0) is 18.6 Å². The van der Waals surface area contributed by atoms with Gasteiger partial charge < -0.3 is 9.84 Å². The summed E-state index contributed by atoms with van der Waals surface area (Å²) in [6.45, 7) is 8.86. The van der Waals surface area contributed by atoms with Crippen LogP contribution < -0.4 is 4.74 Å². The molecule has 0 atom stereocenters. The van der Waals surface area contributed by atoms with Gasteiger partial charge in [-0.2, -0.15) is 0 Å². The molecule has 0 aliphatic rings. The second-order valence-electron chi connectivity index (χ2n) is 6.07. The van der Waals surface area contributed by atoms with Gasteiger partial charge in [-0.15, -0.1) is 11.3 Å². The van der Waals surface area contributed by atoms with Crippen molar-refractivity contribution in [3.05, 3.63) is 39.5 Å². The number of hydrogen-bond acceptors (Lipinski definition) is 5. The number of aliphatic hydroxyl groups is 1. The SMILES string of the molecule is Cc1ncsc1CCOc1cc(CO)cc(C(C)(C)C)n1. The summed E-state index contributed by atoms with van der Waals surface area (Å²) >= 11 is 1.65. The van der Waals surface area contributed by atoms with Gasteiger partial charge in [0.2, 0.25) is 5.88 Å². The van der Waals surface area contributed by atoms with E-state index >= 15 is 0 Å². The molecule has 0 aliphatic heterocycles. The Balaban J connectivity index is 2.07. The predicted octanol–water partition coefficient (Wildman–Crippen LogP) is 3.26. The zero-order valence-electron chi connectivity index (χ0n) is 13.0. The van der Waals surface area contributed by atoms with Crippen molar-refractivity contribution in [3.8, 4) is 5.88 Å². The van der Waals surface area contributed by atoms with E-state index in [4.69, 9.17) is 4.74 Å². The Labute approximate surface area is 129 Å².